The lowest BCUT2D eigenvalue weighted by atomic mass is 9.98. The van der Waals surface area contributed by atoms with Crippen LogP contribution in [0, 0.1) is 5.92 Å². The molecule has 1 atom stereocenters. The maximum absolute atomic E-state index is 12.1. The van der Waals surface area contributed by atoms with Gasteiger partial charge in [0.25, 0.3) is 0 Å². The molecule has 2 heterocycles. The van der Waals surface area contributed by atoms with E-state index in [4.69, 9.17) is 5.84 Å². The summed E-state index contributed by atoms with van der Waals surface area (Å²) in [5.41, 5.74) is 4.29. The lowest BCUT2D eigenvalue weighted by Crippen LogP contribution is -2.30. The van der Waals surface area contributed by atoms with Crippen molar-refractivity contribution < 1.29 is 4.79 Å². The van der Waals surface area contributed by atoms with Gasteiger partial charge in [-0.05, 0) is 30.9 Å². The summed E-state index contributed by atoms with van der Waals surface area (Å²) < 4.78 is 0. The van der Waals surface area contributed by atoms with Crippen molar-refractivity contribution in [2.75, 3.05) is 12.0 Å². The average molecular weight is 262 g/mol. The Bertz CT molecular complexity index is 435. The Hall–Kier alpha value is -1.62. The zero-order chi connectivity index (χ0) is 13.7. The second-order valence-corrected chi connectivity index (χ2v) is 5.10. The largest absolute Gasteiger partial charge is 0.337 e. The number of aromatic nitrogens is 1. The van der Waals surface area contributed by atoms with E-state index in [2.05, 4.69) is 17.3 Å². The Morgan fingerprint density at radius 3 is 3.11 bits per heavy atom. The highest BCUT2D eigenvalue weighted by Gasteiger charge is 2.21. The molecule has 0 aliphatic carbocycles. The molecule has 5 heteroatoms. The van der Waals surface area contributed by atoms with E-state index in [1.807, 2.05) is 11.0 Å². The van der Waals surface area contributed by atoms with Crippen molar-refractivity contribution in [3.63, 3.8) is 0 Å². The van der Waals surface area contributed by atoms with Crippen LogP contribution in [-0.4, -0.2) is 22.3 Å². The number of pyridine rings is 1. The first kappa shape index (κ1) is 13.8. The number of likely N-dealkylation sites (tertiary alicyclic amines) is 1. The number of hydrazine groups is 1. The SMILES string of the molecule is CCC1CCC(=O)N(Cc2cc(NN)ccn2)CC1. The Labute approximate surface area is 114 Å². The minimum atomic E-state index is 0.240. The second kappa shape index (κ2) is 6.52. The number of nitrogens with zero attached hydrogens (tertiary/aromatic N) is 2. The smallest absolute Gasteiger partial charge is 0.222 e. The van der Waals surface area contributed by atoms with Gasteiger partial charge in [-0.2, -0.15) is 0 Å². The van der Waals surface area contributed by atoms with Gasteiger partial charge in [0.2, 0.25) is 5.91 Å². The van der Waals surface area contributed by atoms with E-state index in [0.717, 1.165) is 37.2 Å². The van der Waals surface area contributed by atoms with Crippen LogP contribution in [0.1, 0.15) is 38.3 Å². The number of hydrogen-bond acceptors (Lipinski definition) is 4. The summed E-state index contributed by atoms with van der Waals surface area (Å²) in [5.74, 6) is 6.30. The summed E-state index contributed by atoms with van der Waals surface area (Å²) in [4.78, 5) is 18.3. The quantitative estimate of drug-likeness (QED) is 0.642. The number of carbonyl (C=O) groups is 1. The van der Waals surface area contributed by atoms with Crippen LogP contribution in [-0.2, 0) is 11.3 Å². The van der Waals surface area contributed by atoms with Crippen molar-refractivity contribution in [1.82, 2.24) is 9.88 Å². The summed E-state index contributed by atoms with van der Waals surface area (Å²) in [6.45, 7) is 3.60. The van der Waals surface area contributed by atoms with E-state index >= 15 is 0 Å². The van der Waals surface area contributed by atoms with Gasteiger partial charge in [-0.1, -0.05) is 13.3 Å². The van der Waals surface area contributed by atoms with Crippen molar-refractivity contribution in [1.29, 1.82) is 0 Å². The lowest BCUT2D eigenvalue weighted by molar-refractivity contribution is -0.131. The van der Waals surface area contributed by atoms with E-state index in [0.29, 0.717) is 18.9 Å². The highest BCUT2D eigenvalue weighted by atomic mass is 16.2. The monoisotopic (exact) mass is 262 g/mol. The molecule has 1 aromatic rings. The minimum absolute atomic E-state index is 0.240. The number of amides is 1. The standard InChI is InChI=1S/C14H22N4O/c1-2-11-3-4-14(19)18(8-6-11)10-13-9-12(17-15)5-7-16-13/h5,7,9,11H,2-4,6,8,10,15H2,1H3,(H,16,17). The van der Waals surface area contributed by atoms with Crippen molar-refractivity contribution in [2.24, 2.45) is 11.8 Å². The summed E-state index contributed by atoms with van der Waals surface area (Å²) in [5, 5.41) is 0. The molecule has 1 aromatic heterocycles. The summed E-state index contributed by atoms with van der Waals surface area (Å²) in [6, 6.07) is 3.69. The summed E-state index contributed by atoms with van der Waals surface area (Å²) >= 11 is 0. The van der Waals surface area contributed by atoms with Crippen molar-refractivity contribution in [3.8, 4) is 0 Å². The molecule has 1 aliphatic rings. The fraction of sp³-hybridized carbons (Fsp3) is 0.571. The van der Waals surface area contributed by atoms with E-state index in [9.17, 15) is 4.79 Å². The Morgan fingerprint density at radius 2 is 2.37 bits per heavy atom. The van der Waals surface area contributed by atoms with Crippen molar-refractivity contribution in [2.45, 2.75) is 39.2 Å². The minimum Gasteiger partial charge on any atom is -0.337 e. The van der Waals surface area contributed by atoms with Crippen LogP contribution in [0.2, 0.25) is 0 Å². The van der Waals surface area contributed by atoms with Crippen LogP contribution < -0.4 is 11.3 Å². The Kier molecular flexibility index (Phi) is 4.74. The van der Waals surface area contributed by atoms with E-state index < -0.39 is 0 Å². The van der Waals surface area contributed by atoms with Crippen LogP contribution >= 0.6 is 0 Å². The van der Waals surface area contributed by atoms with E-state index in [1.165, 1.54) is 0 Å². The molecule has 1 aliphatic heterocycles. The molecule has 2 rings (SSSR count). The normalized spacial score (nSPS) is 20.2. The van der Waals surface area contributed by atoms with E-state index in [-0.39, 0.29) is 5.91 Å². The third-order valence-electron chi connectivity index (χ3n) is 3.84. The molecule has 1 saturated heterocycles. The third-order valence-corrected chi connectivity index (χ3v) is 3.84. The lowest BCUT2D eigenvalue weighted by Gasteiger charge is -2.20. The number of hydrogen-bond donors (Lipinski definition) is 2. The zero-order valence-electron chi connectivity index (χ0n) is 11.4. The van der Waals surface area contributed by atoms with Crippen LogP contribution in [0.4, 0.5) is 5.69 Å². The van der Waals surface area contributed by atoms with Gasteiger partial charge in [-0.25, -0.2) is 0 Å². The topological polar surface area (TPSA) is 71.2 Å². The zero-order valence-corrected chi connectivity index (χ0v) is 11.4. The Balaban J connectivity index is 2.02. The maximum atomic E-state index is 12.1. The molecule has 0 saturated carbocycles. The number of nitrogens with two attached hydrogens (primary N) is 1. The van der Waals surface area contributed by atoms with Gasteiger partial charge >= 0.3 is 0 Å². The number of anilines is 1. The van der Waals surface area contributed by atoms with Crippen molar-refractivity contribution in [3.05, 3.63) is 24.0 Å². The molecule has 0 aromatic carbocycles. The van der Waals surface area contributed by atoms with Crippen LogP contribution in [0.25, 0.3) is 0 Å². The van der Waals surface area contributed by atoms with Gasteiger partial charge in [0.05, 0.1) is 17.9 Å². The first-order valence-electron chi connectivity index (χ1n) is 6.92. The highest BCUT2D eigenvalue weighted by Crippen LogP contribution is 2.22. The van der Waals surface area contributed by atoms with Gasteiger partial charge < -0.3 is 10.3 Å². The first-order valence-corrected chi connectivity index (χ1v) is 6.92. The second-order valence-electron chi connectivity index (χ2n) is 5.10. The molecular weight excluding hydrogens is 240 g/mol. The molecule has 0 radical (unpaired) electrons. The van der Waals surface area contributed by atoms with Gasteiger partial charge in [0.15, 0.2) is 0 Å². The molecular formula is C14H22N4O. The average Bonchev–Trinajstić information content (AvgIpc) is 2.62. The predicted molar refractivity (Wildman–Crippen MR) is 75.1 cm³/mol. The molecule has 0 bridgehead atoms. The summed E-state index contributed by atoms with van der Waals surface area (Å²) in [7, 11) is 0. The number of nitrogens with one attached hydrogen (secondary N) is 1. The predicted octanol–water partition coefficient (Wildman–Crippen LogP) is 1.91. The van der Waals surface area contributed by atoms with Crippen LogP contribution in [0.5, 0.6) is 0 Å². The fourth-order valence-corrected chi connectivity index (χ4v) is 2.52. The van der Waals surface area contributed by atoms with E-state index in [1.54, 1.807) is 12.3 Å². The molecule has 19 heavy (non-hydrogen) atoms. The molecule has 104 valence electrons. The highest BCUT2D eigenvalue weighted by molar-refractivity contribution is 5.76. The van der Waals surface area contributed by atoms with Gasteiger partial charge in [-0.3, -0.25) is 15.6 Å². The van der Waals surface area contributed by atoms with Gasteiger partial charge in [0.1, 0.15) is 0 Å². The summed E-state index contributed by atoms with van der Waals surface area (Å²) in [6.07, 6.45) is 5.64. The molecule has 1 unspecified atom stereocenters. The Morgan fingerprint density at radius 1 is 1.53 bits per heavy atom. The van der Waals surface area contributed by atoms with Gasteiger partial charge in [-0.15, -0.1) is 0 Å². The fourth-order valence-electron chi connectivity index (χ4n) is 2.52. The first-order chi connectivity index (χ1) is 9.22. The molecule has 5 nitrogen and oxygen atoms in total. The molecule has 0 spiro atoms. The van der Waals surface area contributed by atoms with Crippen LogP contribution in [0.3, 0.4) is 0 Å². The molecule has 1 amide bonds. The molecule has 3 N–H and O–H groups in total. The third kappa shape index (κ3) is 3.67. The number of nitrogen functional groups attached to an aromatic ring is 1. The number of carbonyl (C=O) groups excluding carboxylic acids is 1. The van der Waals surface area contributed by atoms with Crippen LogP contribution in [0.15, 0.2) is 18.3 Å². The van der Waals surface area contributed by atoms with Gasteiger partial charge in [0, 0.05) is 19.2 Å². The number of rotatable bonds is 4. The maximum Gasteiger partial charge on any atom is 0.222 e. The molecule has 1 fully saturated rings. The van der Waals surface area contributed by atoms with Crippen molar-refractivity contribution >= 4 is 11.6 Å².